The molecule has 3 heterocycles. The average Bonchev–Trinajstić information content (AvgIpc) is 3.40. The minimum Gasteiger partial charge on any atom is -0.365 e. The summed E-state index contributed by atoms with van der Waals surface area (Å²) >= 11 is 0. The summed E-state index contributed by atoms with van der Waals surface area (Å²) in [6, 6.07) is 8.76. The highest BCUT2D eigenvalue weighted by atomic mass is 32.2. The number of fused-ring (bicyclic) bond motifs is 1. The van der Waals surface area contributed by atoms with Crippen LogP contribution in [0.5, 0.6) is 0 Å². The van der Waals surface area contributed by atoms with Crippen molar-refractivity contribution in [2.75, 3.05) is 55.5 Å². The van der Waals surface area contributed by atoms with E-state index in [1.807, 2.05) is 11.9 Å². The maximum absolute atomic E-state index is 15.4. The monoisotopic (exact) mass is 628 g/mol. The summed E-state index contributed by atoms with van der Waals surface area (Å²) in [6.45, 7) is 3.19. The molecule has 14 heteroatoms. The number of carbonyl (C=O) groups excluding carboxylic acids is 1. The van der Waals surface area contributed by atoms with Crippen LogP contribution < -0.4 is 15.6 Å². The van der Waals surface area contributed by atoms with Crippen LogP contribution in [0.15, 0.2) is 64.5 Å². The number of hydrogen-bond acceptors (Lipinski definition) is 8. The number of rotatable bonds is 7. The van der Waals surface area contributed by atoms with Crippen molar-refractivity contribution in [2.24, 2.45) is 0 Å². The molecule has 2 saturated heterocycles. The molecule has 1 atom stereocenters. The van der Waals surface area contributed by atoms with Crippen LogP contribution in [0.4, 0.5) is 24.5 Å². The van der Waals surface area contributed by atoms with E-state index in [0.29, 0.717) is 54.5 Å². The lowest BCUT2D eigenvalue weighted by molar-refractivity contribution is 0.0343. The number of sulfone groups is 1. The second-order valence-electron chi connectivity index (χ2n) is 10.9. The highest BCUT2D eigenvalue weighted by Crippen LogP contribution is 2.35. The Labute approximate surface area is 252 Å². The number of benzene rings is 3. The lowest BCUT2D eigenvalue weighted by Gasteiger charge is -2.36. The second-order valence-corrected chi connectivity index (χ2v) is 12.9. The number of nitrogens with one attached hydrogen (secondary N) is 2. The number of hydrogen-bond donors (Lipinski definition) is 2. The third-order valence-electron chi connectivity index (χ3n) is 7.88. The number of anilines is 2. The van der Waals surface area contributed by atoms with E-state index in [-0.39, 0.29) is 16.7 Å². The fraction of sp³-hybridized carbons (Fsp3) is 0.333. The van der Waals surface area contributed by atoms with Crippen LogP contribution in [0.25, 0.3) is 10.9 Å². The van der Waals surface area contributed by atoms with E-state index in [0.717, 1.165) is 38.1 Å². The molecule has 44 heavy (non-hydrogen) atoms. The van der Waals surface area contributed by atoms with Gasteiger partial charge < -0.3 is 19.9 Å². The maximum Gasteiger partial charge on any atom is 0.273 e. The molecule has 3 aromatic carbocycles. The molecule has 10 nitrogen and oxygen atoms in total. The topological polar surface area (TPSA) is 109 Å². The molecule has 1 amide bonds. The zero-order valence-corrected chi connectivity index (χ0v) is 24.7. The Morgan fingerprint density at radius 2 is 1.70 bits per heavy atom. The van der Waals surface area contributed by atoms with Gasteiger partial charge >= 0.3 is 0 Å². The molecule has 0 radical (unpaired) electrons. The summed E-state index contributed by atoms with van der Waals surface area (Å²) in [5.41, 5.74) is 3.89. The Morgan fingerprint density at radius 1 is 0.955 bits per heavy atom. The zero-order chi connectivity index (χ0) is 31.0. The summed E-state index contributed by atoms with van der Waals surface area (Å²) in [5, 5.41) is 7.84. The molecule has 4 aromatic rings. The Morgan fingerprint density at radius 3 is 2.41 bits per heavy atom. The first kappa shape index (κ1) is 29.9. The Kier molecular flexibility index (Phi) is 8.22. The molecule has 1 unspecified atom stereocenters. The fourth-order valence-corrected chi connectivity index (χ4v) is 6.84. The average molecular weight is 629 g/mol. The minimum absolute atomic E-state index is 0.186. The maximum atomic E-state index is 15.4. The van der Waals surface area contributed by atoms with Crippen molar-refractivity contribution in [1.29, 1.82) is 0 Å². The van der Waals surface area contributed by atoms with Crippen molar-refractivity contribution in [3.63, 3.8) is 0 Å². The quantitative estimate of drug-likeness (QED) is 0.311. The first-order chi connectivity index (χ1) is 21.1. The number of aromatic nitrogens is 2. The van der Waals surface area contributed by atoms with E-state index in [1.165, 1.54) is 41.3 Å². The van der Waals surface area contributed by atoms with Gasteiger partial charge in [0, 0.05) is 44.2 Å². The van der Waals surface area contributed by atoms with Crippen molar-refractivity contribution in [3.8, 4) is 0 Å². The van der Waals surface area contributed by atoms with Crippen LogP contribution in [0.2, 0.25) is 0 Å². The molecule has 6 rings (SSSR count). The number of nitrogens with zero attached hydrogens (tertiary/aromatic N) is 4. The molecule has 1 aromatic heterocycles. The number of halogens is 3. The smallest absolute Gasteiger partial charge is 0.273 e. The first-order valence-corrected chi connectivity index (χ1v) is 15.7. The summed E-state index contributed by atoms with van der Waals surface area (Å²) in [4.78, 5) is 18.3. The molecule has 2 aliphatic rings. The molecule has 232 valence electrons. The van der Waals surface area contributed by atoms with Gasteiger partial charge in [-0.1, -0.05) is 0 Å². The fourth-order valence-electron chi connectivity index (χ4n) is 5.50. The minimum atomic E-state index is -4.24. The van der Waals surface area contributed by atoms with E-state index < -0.39 is 38.1 Å². The summed E-state index contributed by atoms with van der Waals surface area (Å²) in [6.07, 6.45) is 3.53. The van der Waals surface area contributed by atoms with Crippen LogP contribution in [0.1, 0.15) is 29.6 Å². The number of amides is 1. The molecule has 0 saturated carbocycles. The van der Waals surface area contributed by atoms with Gasteiger partial charge in [-0.2, -0.15) is 9.89 Å². The van der Waals surface area contributed by atoms with E-state index in [1.54, 1.807) is 0 Å². The molecular formula is C30H31F3N6O4S. The van der Waals surface area contributed by atoms with E-state index in [4.69, 9.17) is 4.74 Å². The second kappa shape index (κ2) is 12.1. The van der Waals surface area contributed by atoms with Gasteiger partial charge in [-0.3, -0.25) is 4.79 Å². The lowest BCUT2D eigenvalue weighted by Crippen LogP contribution is -2.45. The first-order valence-electron chi connectivity index (χ1n) is 14.2. The molecular weight excluding hydrogens is 597 g/mol. The van der Waals surface area contributed by atoms with Crippen molar-refractivity contribution in [3.05, 3.63) is 77.7 Å². The SMILES string of the molecule is CN1CCN(c2c(F)ccc(C(=O)Nn3ncc4cc(S(=O)(=O)c5cc(F)cc(F)c5)ccc43)c2NC2CCCCO2)CC1. The lowest BCUT2D eigenvalue weighted by atomic mass is 10.1. The summed E-state index contributed by atoms with van der Waals surface area (Å²) < 4.78 is 74.9. The van der Waals surface area contributed by atoms with E-state index >= 15 is 4.39 Å². The van der Waals surface area contributed by atoms with Crippen LogP contribution in [-0.4, -0.2) is 75.2 Å². The van der Waals surface area contributed by atoms with Gasteiger partial charge in [0.15, 0.2) is 0 Å². The third kappa shape index (κ3) is 5.97. The predicted octanol–water partition coefficient (Wildman–Crippen LogP) is 4.36. The van der Waals surface area contributed by atoms with Gasteiger partial charge in [0.2, 0.25) is 9.84 Å². The number of likely N-dealkylation sites (N-methyl/N-ethyl adjacent to an activating group) is 1. The summed E-state index contributed by atoms with van der Waals surface area (Å²) in [5.74, 6) is -3.06. The van der Waals surface area contributed by atoms with Crippen LogP contribution in [0, 0.1) is 17.5 Å². The molecule has 0 aliphatic carbocycles. The molecule has 0 bridgehead atoms. The van der Waals surface area contributed by atoms with Gasteiger partial charge in [-0.25, -0.2) is 27.0 Å². The number of ether oxygens (including phenoxy) is 1. The van der Waals surface area contributed by atoms with Crippen LogP contribution in [-0.2, 0) is 14.6 Å². The largest absolute Gasteiger partial charge is 0.365 e. The van der Waals surface area contributed by atoms with Crippen molar-refractivity contribution in [1.82, 2.24) is 14.8 Å². The Balaban J connectivity index is 1.32. The van der Waals surface area contributed by atoms with Gasteiger partial charge in [0.1, 0.15) is 23.7 Å². The van der Waals surface area contributed by atoms with Gasteiger partial charge in [-0.15, -0.1) is 0 Å². The zero-order valence-electron chi connectivity index (χ0n) is 23.9. The Hall–Kier alpha value is -4.14. The normalized spacial score (nSPS) is 18.0. The molecule has 2 N–H and O–H groups in total. The summed E-state index contributed by atoms with van der Waals surface area (Å²) in [7, 11) is -2.24. The molecule has 2 fully saturated rings. The van der Waals surface area contributed by atoms with Crippen LogP contribution in [0.3, 0.4) is 0 Å². The van der Waals surface area contributed by atoms with Crippen LogP contribution >= 0.6 is 0 Å². The Bertz CT molecular complexity index is 1800. The van der Waals surface area contributed by atoms with Crippen molar-refractivity contribution < 1.29 is 31.1 Å². The van der Waals surface area contributed by atoms with Gasteiger partial charge in [0.25, 0.3) is 5.91 Å². The predicted molar refractivity (Wildman–Crippen MR) is 159 cm³/mol. The standard InChI is InChI=1S/C30H31F3N6O4S/c1-37-9-11-38(12-10-37)29-25(33)7-6-24(28(29)35-27-4-2-3-13-43-27)30(40)36-39-26-8-5-22(14-19(26)18-34-39)44(41,42)23-16-20(31)15-21(32)17-23/h5-8,14-18,27,35H,2-4,9-13H2,1H3,(H,36,40). The molecule has 2 aliphatic heterocycles. The van der Waals surface area contributed by atoms with Gasteiger partial charge in [-0.05, 0) is 68.8 Å². The van der Waals surface area contributed by atoms with Crippen molar-refractivity contribution in [2.45, 2.75) is 35.3 Å². The van der Waals surface area contributed by atoms with Crippen molar-refractivity contribution >= 4 is 38.0 Å². The highest BCUT2D eigenvalue weighted by molar-refractivity contribution is 7.91. The van der Waals surface area contributed by atoms with Gasteiger partial charge in [0.05, 0.1) is 38.4 Å². The third-order valence-corrected chi connectivity index (χ3v) is 9.61. The van der Waals surface area contributed by atoms with E-state index in [2.05, 4.69) is 20.7 Å². The number of piperazine rings is 1. The highest BCUT2D eigenvalue weighted by Gasteiger charge is 2.28. The number of carbonyl (C=O) groups is 1. The molecule has 0 spiro atoms. The van der Waals surface area contributed by atoms with E-state index in [9.17, 15) is 22.0 Å².